The van der Waals surface area contributed by atoms with Gasteiger partial charge >= 0.3 is 0 Å². The van der Waals surface area contributed by atoms with Crippen LogP contribution in [0.25, 0.3) is 0 Å². The molecule has 0 spiro atoms. The molecule has 1 fully saturated rings. The van der Waals surface area contributed by atoms with E-state index in [1.807, 2.05) is 0 Å². The molecule has 2 atom stereocenters. The molecule has 1 heterocycles. The summed E-state index contributed by atoms with van der Waals surface area (Å²) >= 11 is 9.29. The Hall–Kier alpha value is 0.620. The summed E-state index contributed by atoms with van der Waals surface area (Å²) in [5.41, 5.74) is 0. The van der Waals surface area contributed by atoms with E-state index in [1.165, 1.54) is 44.9 Å². The van der Waals surface area contributed by atoms with Crippen LogP contribution in [0.3, 0.4) is 0 Å². The monoisotopic (exact) mass is 276 g/mol. The van der Waals surface area contributed by atoms with Gasteiger partial charge in [-0.2, -0.15) is 25.3 Å². The Labute approximate surface area is 118 Å². The molecule has 1 rings (SSSR count). The Morgan fingerprint density at radius 3 is 1.53 bits per heavy atom. The molecule has 0 aromatic heterocycles. The van der Waals surface area contributed by atoms with Crippen molar-refractivity contribution in [1.29, 1.82) is 0 Å². The summed E-state index contributed by atoms with van der Waals surface area (Å²) in [5.74, 6) is 0. The molecular weight excluding hydrogens is 248 g/mol. The van der Waals surface area contributed by atoms with Crippen LogP contribution in [0.4, 0.5) is 0 Å². The van der Waals surface area contributed by atoms with E-state index in [9.17, 15) is 0 Å². The van der Waals surface area contributed by atoms with E-state index in [4.69, 9.17) is 0 Å². The molecule has 102 valence electrons. The zero-order valence-corrected chi connectivity index (χ0v) is 12.6. The van der Waals surface area contributed by atoms with Gasteiger partial charge in [0.15, 0.2) is 0 Å². The summed E-state index contributed by atoms with van der Waals surface area (Å²) in [6.45, 7) is 4.55. The summed E-state index contributed by atoms with van der Waals surface area (Å²) in [6, 6.07) is 0. The van der Waals surface area contributed by atoms with E-state index in [-0.39, 0.29) is 0 Å². The fourth-order valence-corrected chi connectivity index (χ4v) is 2.69. The average Bonchev–Trinajstić information content (AvgIpc) is 2.33. The molecule has 2 N–H and O–H groups in total. The molecule has 2 unspecified atom stereocenters. The molecule has 1 aliphatic heterocycles. The van der Waals surface area contributed by atoms with Crippen LogP contribution in [0.15, 0.2) is 0 Å². The maximum absolute atomic E-state index is 4.64. The second kappa shape index (κ2) is 10.5. The zero-order valence-electron chi connectivity index (χ0n) is 10.8. The normalized spacial score (nSPS) is 31.4. The SMILES string of the molecule is SC1CCNCCCCCNCCC(S)CC1. The number of hydrogen-bond acceptors (Lipinski definition) is 4. The highest BCUT2D eigenvalue weighted by Crippen LogP contribution is 2.15. The van der Waals surface area contributed by atoms with Crippen molar-refractivity contribution in [2.75, 3.05) is 26.2 Å². The van der Waals surface area contributed by atoms with Crippen LogP contribution >= 0.6 is 25.3 Å². The predicted molar refractivity (Wildman–Crippen MR) is 83.6 cm³/mol. The van der Waals surface area contributed by atoms with E-state index in [1.54, 1.807) is 0 Å². The predicted octanol–water partition coefficient (Wildman–Crippen LogP) is 2.51. The highest BCUT2D eigenvalue weighted by atomic mass is 32.1. The fraction of sp³-hybridized carbons (Fsp3) is 1.00. The summed E-state index contributed by atoms with van der Waals surface area (Å²) in [5, 5.41) is 8.09. The Kier molecular flexibility index (Phi) is 9.71. The van der Waals surface area contributed by atoms with Crippen molar-refractivity contribution in [2.45, 2.75) is 55.4 Å². The molecular formula is C13H28N2S2. The van der Waals surface area contributed by atoms with Crippen molar-refractivity contribution in [3.05, 3.63) is 0 Å². The third kappa shape index (κ3) is 9.23. The molecule has 0 aromatic rings. The summed E-state index contributed by atoms with van der Waals surface area (Å²) in [7, 11) is 0. The van der Waals surface area contributed by atoms with Crippen molar-refractivity contribution < 1.29 is 0 Å². The Morgan fingerprint density at radius 2 is 1.06 bits per heavy atom. The molecule has 1 aliphatic rings. The quantitative estimate of drug-likeness (QED) is 0.511. The van der Waals surface area contributed by atoms with Crippen molar-refractivity contribution in [2.24, 2.45) is 0 Å². The van der Waals surface area contributed by atoms with Crippen molar-refractivity contribution >= 4 is 25.3 Å². The van der Waals surface area contributed by atoms with Gasteiger partial charge in [-0.15, -0.1) is 0 Å². The lowest BCUT2D eigenvalue weighted by Crippen LogP contribution is -2.20. The molecule has 17 heavy (non-hydrogen) atoms. The smallest absolute Gasteiger partial charge is 0.00292 e. The van der Waals surface area contributed by atoms with Crippen LogP contribution in [0.5, 0.6) is 0 Å². The van der Waals surface area contributed by atoms with Crippen LogP contribution in [0.1, 0.15) is 44.9 Å². The molecule has 0 bridgehead atoms. The molecule has 1 saturated heterocycles. The number of thiol groups is 2. The highest BCUT2D eigenvalue weighted by molar-refractivity contribution is 7.81. The zero-order chi connectivity index (χ0) is 12.3. The van der Waals surface area contributed by atoms with Gasteiger partial charge in [0, 0.05) is 10.5 Å². The van der Waals surface area contributed by atoms with E-state index in [0.29, 0.717) is 10.5 Å². The van der Waals surface area contributed by atoms with Crippen LogP contribution in [0, 0.1) is 0 Å². The molecule has 2 nitrogen and oxygen atoms in total. The lowest BCUT2D eigenvalue weighted by Gasteiger charge is -2.14. The molecule has 0 radical (unpaired) electrons. The topological polar surface area (TPSA) is 24.1 Å². The van der Waals surface area contributed by atoms with Gasteiger partial charge in [0.25, 0.3) is 0 Å². The number of nitrogens with one attached hydrogen (secondary N) is 2. The van der Waals surface area contributed by atoms with Crippen molar-refractivity contribution in [3.8, 4) is 0 Å². The van der Waals surface area contributed by atoms with E-state index < -0.39 is 0 Å². The molecule has 0 aromatic carbocycles. The third-order valence-electron chi connectivity index (χ3n) is 3.35. The van der Waals surface area contributed by atoms with Crippen molar-refractivity contribution in [3.63, 3.8) is 0 Å². The number of rotatable bonds is 0. The van der Waals surface area contributed by atoms with Gasteiger partial charge in [0.05, 0.1) is 0 Å². The van der Waals surface area contributed by atoms with Gasteiger partial charge < -0.3 is 10.6 Å². The van der Waals surface area contributed by atoms with Gasteiger partial charge in [0.2, 0.25) is 0 Å². The van der Waals surface area contributed by atoms with E-state index >= 15 is 0 Å². The minimum atomic E-state index is 0.537. The van der Waals surface area contributed by atoms with Gasteiger partial charge in [-0.25, -0.2) is 0 Å². The van der Waals surface area contributed by atoms with Crippen LogP contribution < -0.4 is 10.6 Å². The molecule has 0 aliphatic carbocycles. The fourth-order valence-electron chi connectivity index (χ4n) is 2.14. The number of hydrogen-bond donors (Lipinski definition) is 4. The molecule has 4 heteroatoms. The van der Waals surface area contributed by atoms with Crippen LogP contribution in [0.2, 0.25) is 0 Å². The summed E-state index contributed by atoms with van der Waals surface area (Å²) < 4.78 is 0. The minimum Gasteiger partial charge on any atom is -0.317 e. The van der Waals surface area contributed by atoms with Gasteiger partial charge in [-0.1, -0.05) is 6.42 Å². The Bertz CT molecular complexity index is 161. The lowest BCUT2D eigenvalue weighted by molar-refractivity contribution is 0.564. The Balaban J connectivity index is 2.20. The van der Waals surface area contributed by atoms with Crippen LogP contribution in [-0.2, 0) is 0 Å². The van der Waals surface area contributed by atoms with E-state index in [0.717, 1.165) is 26.2 Å². The van der Waals surface area contributed by atoms with Gasteiger partial charge in [0.1, 0.15) is 0 Å². The molecule has 0 saturated carbocycles. The van der Waals surface area contributed by atoms with Gasteiger partial charge in [-0.05, 0) is 64.7 Å². The van der Waals surface area contributed by atoms with E-state index in [2.05, 4.69) is 35.9 Å². The minimum absolute atomic E-state index is 0.537. The second-order valence-corrected chi connectivity index (χ2v) is 6.48. The largest absolute Gasteiger partial charge is 0.317 e. The molecule has 0 amide bonds. The average molecular weight is 277 g/mol. The first kappa shape index (κ1) is 15.7. The first-order chi connectivity index (χ1) is 8.29. The maximum atomic E-state index is 4.64. The lowest BCUT2D eigenvalue weighted by atomic mass is 10.1. The second-order valence-electron chi connectivity index (χ2n) is 5.02. The standard InChI is InChI=1S/C13H28N2S2/c16-12-4-5-13(17)7-11-15-9-3-1-2-8-14-10-6-12/h12-17H,1-11H2. The third-order valence-corrected chi connectivity index (χ3v) is 4.38. The Morgan fingerprint density at radius 1 is 0.588 bits per heavy atom. The first-order valence-corrected chi connectivity index (χ1v) is 8.10. The summed E-state index contributed by atoms with van der Waals surface area (Å²) in [6.07, 6.45) is 8.68. The first-order valence-electron chi connectivity index (χ1n) is 7.06. The maximum Gasteiger partial charge on any atom is 0.00292 e. The van der Waals surface area contributed by atoms with Crippen LogP contribution in [-0.4, -0.2) is 36.7 Å². The highest BCUT2D eigenvalue weighted by Gasteiger charge is 2.08. The van der Waals surface area contributed by atoms with Gasteiger partial charge in [-0.3, -0.25) is 0 Å². The van der Waals surface area contributed by atoms with Crippen molar-refractivity contribution in [1.82, 2.24) is 10.6 Å². The summed E-state index contributed by atoms with van der Waals surface area (Å²) in [4.78, 5) is 0.